The minimum atomic E-state index is -0.960. The van der Waals surface area contributed by atoms with Gasteiger partial charge in [-0.15, -0.1) is 0 Å². The monoisotopic (exact) mass is 334 g/mol. The Morgan fingerprint density at radius 2 is 1.33 bits per heavy atom. The van der Waals surface area contributed by atoms with Crippen molar-refractivity contribution in [2.45, 2.75) is 0 Å². The number of carboxylic acid groups (broad SMARTS) is 2. The van der Waals surface area contributed by atoms with E-state index in [4.69, 9.17) is 20.4 Å². The standard InChI is InChI=1S/2C8H9NO3/c10-7-3-1-6(2-4-7)9-5-8(11)12;10-7-4-2-1-3-6(7)9-5-8(11)12/h2*1-4,9-10H,5H2,(H,11,12). The van der Waals surface area contributed by atoms with Gasteiger partial charge in [0.25, 0.3) is 0 Å². The zero-order valence-electron chi connectivity index (χ0n) is 12.6. The predicted molar refractivity (Wildman–Crippen MR) is 88.5 cm³/mol. The zero-order chi connectivity index (χ0) is 17.9. The molecule has 0 saturated heterocycles. The molecule has 128 valence electrons. The molecular formula is C16H18N2O6. The number of anilines is 2. The van der Waals surface area contributed by atoms with Crippen LogP contribution in [0.2, 0.25) is 0 Å². The van der Waals surface area contributed by atoms with Crippen molar-refractivity contribution in [1.82, 2.24) is 0 Å². The predicted octanol–water partition coefficient (Wildman–Crippen LogP) is 1.78. The quantitative estimate of drug-likeness (QED) is 0.347. The minimum Gasteiger partial charge on any atom is -0.508 e. The second-order valence-corrected chi connectivity index (χ2v) is 4.56. The van der Waals surface area contributed by atoms with E-state index in [2.05, 4.69) is 10.6 Å². The first kappa shape index (κ1) is 18.6. The normalized spacial score (nSPS) is 9.33. The van der Waals surface area contributed by atoms with E-state index in [1.807, 2.05) is 0 Å². The third kappa shape index (κ3) is 7.55. The average molecular weight is 334 g/mol. The second-order valence-electron chi connectivity index (χ2n) is 4.56. The van der Waals surface area contributed by atoms with Crippen LogP contribution in [0.25, 0.3) is 0 Å². The Labute approximate surface area is 138 Å². The summed E-state index contributed by atoms with van der Waals surface area (Å²) in [5, 5.41) is 39.9. The number of phenolic OH excluding ortho intramolecular Hbond substituents is 2. The largest absolute Gasteiger partial charge is 0.508 e. The number of hydrogen-bond acceptors (Lipinski definition) is 6. The average Bonchev–Trinajstić information content (AvgIpc) is 2.54. The van der Waals surface area contributed by atoms with Crippen LogP contribution in [0.1, 0.15) is 0 Å². The van der Waals surface area contributed by atoms with Crippen molar-refractivity contribution in [2.24, 2.45) is 0 Å². The molecule has 0 heterocycles. The smallest absolute Gasteiger partial charge is 0.322 e. The van der Waals surface area contributed by atoms with Gasteiger partial charge in [-0.25, -0.2) is 0 Å². The lowest BCUT2D eigenvalue weighted by atomic mass is 10.3. The van der Waals surface area contributed by atoms with Crippen LogP contribution in [0.15, 0.2) is 48.5 Å². The van der Waals surface area contributed by atoms with Gasteiger partial charge in [0.05, 0.1) is 5.69 Å². The summed E-state index contributed by atoms with van der Waals surface area (Å²) in [5.41, 5.74) is 1.11. The van der Waals surface area contributed by atoms with Crippen molar-refractivity contribution < 1.29 is 30.0 Å². The van der Waals surface area contributed by atoms with E-state index >= 15 is 0 Å². The topological polar surface area (TPSA) is 139 Å². The van der Waals surface area contributed by atoms with Crippen LogP contribution >= 0.6 is 0 Å². The Bertz CT molecular complexity index is 673. The van der Waals surface area contributed by atoms with Crippen LogP contribution in [0, 0.1) is 0 Å². The minimum absolute atomic E-state index is 0.0544. The van der Waals surface area contributed by atoms with Crippen LogP contribution in [0.5, 0.6) is 11.5 Å². The van der Waals surface area contributed by atoms with Gasteiger partial charge in [0, 0.05) is 5.69 Å². The van der Waals surface area contributed by atoms with Crippen molar-refractivity contribution in [2.75, 3.05) is 23.7 Å². The van der Waals surface area contributed by atoms with Gasteiger partial charge in [-0.2, -0.15) is 0 Å². The maximum absolute atomic E-state index is 10.1. The molecule has 2 aromatic carbocycles. The summed E-state index contributed by atoms with van der Waals surface area (Å²) in [6, 6.07) is 12.7. The molecule has 2 aromatic rings. The molecule has 8 heteroatoms. The molecule has 24 heavy (non-hydrogen) atoms. The van der Waals surface area contributed by atoms with Gasteiger partial charge in [0.15, 0.2) is 0 Å². The first-order chi connectivity index (χ1) is 11.4. The molecule has 0 fully saturated rings. The lowest BCUT2D eigenvalue weighted by molar-refractivity contribution is -0.135. The maximum atomic E-state index is 10.1. The molecule has 0 aromatic heterocycles. The first-order valence-corrected chi connectivity index (χ1v) is 6.87. The number of nitrogens with one attached hydrogen (secondary N) is 2. The van der Waals surface area contributed by atoms with Gasteiger partial charge in [-0.05, 0) is 36.4 Å². The van der Waals surface area contributed by atoms with Gasteiger partial charge >= 0.3 is 11.9 Å². The fourth-order valence-electron chi connectivity index (χ4n) is 1.55. The van der Waals surface area contributed by atoms with Crippen LogP contribution in [-0.2, 0) is 9.59 Å². The lowest BCUT2D eigenvalue weighted by Crippen LogP contribution is -2.12. The number of aliphatic carboxylic acids is 2. The molecule has 0 bridgehead atoms. The molecule has 6 N–H and O–H groups in total. The Kier molecular flexibility index (Phi) is 7.43. The maximum Gasteiger partial charge on any atom is 0.322 e. The van der Waals surface area contributed by atoms with Crippen LogP contribution in [0.4, 0.5) is 11.4 Å². The van der Waals surface area contributed by atoms with Crippen molar-refractivity contribution in [3.63, 3.8) is 0 Å². The molecule has 0 unspecified atom stereocenters. The summed E-state index contributed by atoms with van der Waals surface area (Å²) in [6.07, 6.45) is 0. The highest BCUT2D eigenvalue weighted by molar-refractivity contribution is 5.74. The molecule has 0 amide bonds. The summed E-state index contributed by atoms with van der Waals surface area (Å²) < 4.78 is 0. The summed E-state index contributed by atoms with van der Waals surface area (Å²) in [4.78, 5) is 20.3. The Morgan fingerprint density at radius 3 is 1.88 bits per heavy atom. The fourth-order valence-corrected chi connectivity index (χ4v) is 1.55. The van der Waals surface area contributed by atoms with E-state index in [1.165, 1.54) is 18.2 Å². The molecule has 0 saturated carbocycles. The van der Waals surface area contributed by atoms with E-state index in [0.717, 1.165) is 0 Å². The van der Waals surface area contributed by atoms with Gasteiger partial charge in [0.2, 0.25) is 0 Å². The van der Waals surface area contributed by atoms with Gasteiger partial charge < -0.3 is 31.1 Å². The Morgan fingerprint density at radius 1 is 0.792 bits per heavy atom. The molecule has 0 aliphatic rings. The van der Waals surface area contributed by atoms with Crippen molar-refractivity contribution >= 4 is 23.3 Å². The SMILES string of the molecule is O=C(O)CNc1ccc(O)cc1.O=C(O)CNc1ccccc1O. The zero-order valence-corrected chi connectivity index (χ0v) is 12.6. The number of aromatic hydroxyl groups is 2. The summed E-state index contributed by atoms with van der Waals surface area (Å²) >= 11 is 0. The Hall–Kier alpha value is -3.42. The van der Waals surface area contributed by atoms with E-state index in [-0.39, 0.29) is 24.6 Å². The fraction of sp³-hybridized carbons (Fsp3) is 0.125. The number of benzene rings is 2. The summed E-state index contributed by atoms with van der Waals surface area (Å²) in [6.45, 7) is -0.317. The lowest BCUT2D eigenvalue weighted by Gasteiger charge is -2.04. The van der Waals surface area contributed by atoms with Crippen molar-refractivity contribution in [3.8, 4) is 11.5 Å². The van der Waals surface area contributed by atoms with E-state index in [9.17, 15) is 9.59 Å². The molecule has 8 nitrogen and oxygen atoms in total. The van der Waals surface area contributed by atoms with Crippen molar-refractivity contribution in [1.29, 1.82) is 0 Å². The number of para-hydroxylation sites is 2. The van der Waals surface area contributed by atoms with Crippen molar-refractivity contribution in [3.05, 3.63) is 48.5 Å². The first-order valence-electron chi connectivity index (χ1n) is 6.87. The highest BCUT2D eigenvalue weighted by Crippen LogP contribution is 2.20. The van der Waals surface area contributed by atoms with E-state index in [0.29, 0.717) is 11.4 Å². The van der Waals surface area contributed by atoms with Crippen LogP contribution in [-0.4, -0.2) is 45.5 Å². The molecular weight excluding hydrogens is 316 g/mol. The highest BCUT2D eigenvalue weighted by atomic mass is 16.4. The van der Waals surface area contributed by atoms with Crippen LogP contribution < -0.4 is 10.6 Å². The third-order valence-corrected chi connectivity index (χ3v) is 2.65. The van der Waals surface area contributed by atoms with E-state index in [1.54, 1.807) is 30.3 Å². The third-order valence-electron chi connectivity index (χ3n) is 2.65. The highest BCUT2D eigenvalue weighted by Gasteiger charge is 2.00. The van der Waals surface area contributed by atoms with Gasteiger partial charge in [0.1, 0.15) is 24.6 Å². The number of carbonyl (C=O) groups is 2. The number of hydrogen-bond donors (Lipinski definition) is 6. The summed E-state index contributed by atoms with van der Waals surface area (Å²) in [7, 11) is 0. The van der Waals surface area contributed by atoms with Gasteiger partial charge in [-0.3, -0.25) is 9.59 Å². The molecule has 0 atom stereocenters. The molecule has 0 spiro atoms. The Balaban J connectivity index is 0.000000240. The van der Waals surface area contributed by atoms with Gasteiger partial charge in [-0.1, -0.05) is 12.1 Å². The molecule has 2 rings (SSSR count). The molecule has 0 aliphatic carbocycles. The molecule has 0 radical (unpaired) electrons. The number of rotatable bonds is 6. The van der Waals surface area contributed by atoms with Crippen LogP contribution in [0.3, 0.4) is 0 Å². The molecule has 0 aliphatic heterocycles. The number of phenols is 2. The second kappa shape index (κ2) is 9.57. The summed E-state index contributed by atoms with van der Waals surface area (Å²) in [5.74, 6) is -1.66. The number of carboxylic acids is 2. The van der Waals surface area contributed by atoms with E-state index < -0.39 is 11.9 Å².